The first kappa shape index (κ1) is 6.01. The van der Waals surface area contributed by atoms with Crippen molar-refractivity contribution >= 4 is 0 Å². The van der Waals surface area contributed by atoms with Gasteiger partial charge in [-0.05, 0) is 6.92 Å². The van der Waals surface area contributed by atoms with Crippen molar-refractivity contribution in [2.75, 3.05) is 20.6 Å². The summed E-state index contributed by atoms with van der Waals surface area (Å²) >= 11 is 0. The van der Waals surface area contributed by atoms with Gasteiger partial charge in [0.25, 0.3) is 0 Å². The van der Waals surface area contributed by atoms with Crippen molar-refractivity contribution in [3.8, 4) is 0 Å². The lowest BCUT2D eigenvalue weighted by atomic mass is 10.3. The van der Waals surface area contributed by atoms with Crippen LogP contribution in [0, 0.1) is 0 Å². The average molecular weight is 115 g/mol. The monoisotopic (exact) mass is 115 g/mol. The number of rotatable bonds is 0. The molecule has 48 valence electrons. The number of hydrogen-bond acceptors (Lipinski definition) is 3. The van der Waals surface area contributed by atoms with Crippen LogP contribution in [0.2, 0.25) is 0 Å². The predicted molar refractivity (Wildman–Crippen MR) is 33.0 cm³/mol. The molecule has 1 fully saturated rings. The van der Waals surface area contributed by atoms with Crippen molar-refractivity contribution in [3.63, 3.8) is 0 Å². The summed E-state index contributed by atoms with van der Waals surface area (Å²) in [7, 11) is 4.09. The highest BCUT2D eigenvalue weighted by Crippen LogP contribution is 2.00. The average Bonchev–Trinajstić information content (AvgIpc) is 1.85. The maximum atomic E-state index is 3.13. The summed E-state index contributed by atoms with van der Waals surface area (Å²) in [5, 5.41) is 4.17. The van der Waals surface area contributed by atoms with Crippen LogP contribution in [0.4, 0.5) is 0 Å². The van der Waals surface area contributed by atoms with E-state index in [1.165, 1.54) is 0 Å². The molecule has 3 heteroatoms. The van der Waals surface area contributed by atoms with Crippen LogP contribution in [0.5, 0.6) is 0 Å². The highest BCUT2D eigenvalue weighted by atomic mass is 15.8. The van der Waals surface area contributed by atoms with Gasteiger partial charge >= 0.3 is 0 Å². The van der Waals surface area contributed by atoms with E-state index in [0.717, 1.165) is 6.54 Å². The summed E-state index contributed by atoms with van der Waals surface area (Å²) in [6.07, 6.45) is 0. The Balaban J connectivity index is 2.39. The normalized spacial score (nSPS) is 34.1. The Morgan fingerprint density at radius 1 is 1.50 bits per heavy atom. The zero-order valence-corrected chi connectivity index (χ0v) is 5.68. The first-order valence-electron chi connectivity index (χ1n) is 2.90. The van der Waals surface area contributed by atoms with Gasteiger partial charge in [-0.2, -0.15) is 5.53 Å². The molecular weight excluding hydrogens is 102 g/mol. The zero-order valence-electron chi connectivity index (χ0n) is 5.68. The van der Waals surface area contributed by atoms with Gasteiger partial charge in [0, 0.05) is 26.7 Å². The van der Waals surface area contributed by atoms with Crippen LogP contribution in [0.15, 0.2) is 0 Å². The van der Waals surface area contributed by atoms with E-state index >= 15 is 0 Å². The van der Waals surface area contributed by atoms with Crippen molar-refractivity contribution in [1.82, 2.24) is 15.6 Å². The molecule has 0 radical (unpaired) electrons. The lowest BCUT2D eigenvalue weighted by Gasteiger charge is -2.12. The first-order valence-corrected chi connectivity index (χ1v) is 2.90. The molecular formula is C5H13N3. The summed E-state index contributed by atoms with van der Waals surface area (Å²) in [5.41, 5.74) is 3.13. The first-order chi connectivity index (χ1) is 3.70. The molecule has 0 bridgehead atoms. The van der Waals surface area contributed by atoms with Gasteiger partial charge in [0.1, 0.15) is 0 Å². The van der Waals surface area contributed by atoms with Crippen LogP contribution in [0.1, 0.15) is 6.92 Å². The van der Waals surface area contributed by atoms with Gasteiger partial charge in [-0.3, -0.25) is 0 Å². The summed E-state index contributed by atoms with van der Waals surface area (Å²) in [6.45, 7) is 3.30. The van der Waals surface area contributed by atoms with Crippen molar-refractivity contribution in [1.29, 1.82) is 0 Å². The lowest BCUT2D eigenvalue weighted by molar-refractivity contribution is 0.158. The molecule has 0 saturated carbocycles. The minimum absolute atomic E-state index is 0.639. The number of likely N-dealkylation sites (N-methyl/N-ethyl adjacent to an activating group) is 2. The van der Waals surface area contributed by atoms with E-state index in [4.69, 9.17) is 0 Å². The standard InChI is InChI=1S/C5H13N3/c1-5-4-7(2)6-8(5)3/h5-6H,4H2,1-3H3. The second-order valence-electron chi connectivity index (χ2n) is 2.44. The fourth-order valence-electron chi connectivity index (χ4n) is 0.927. The summed E-state index contributed by atoms with van der Waals surface area (Å²) in [4.78, 5) is 0. The third kappa shape index (κ3) is 0.992. The van der Waals surface area contributed by atoms with Crippen LogP contribution in [0.3, 0.4) is 0 Å². The van der Waals surface area contributed by atoms with Crippen LogP contribution < -0.4 is 5.53 Å². The Bertz CT molecular complexity index is 73.7. The summed E-state index contributed by atoms with van der Waals surface area (Å²) in [6, 6.07) is 0.639. The molecule has 0 spiro atoms. The van der Waals surface area contributed by atoms with Crippen molar-refractivity contribution in [2.24, 2.45) is 0 Å². The largest absolute Gasteiger partial charge is 0.232 e. The van der Waals surface area contributed by atoms with Crippen molar-refractivity contribution < 1.29 is 0 Å². The van der Waals surface area contributed by atoms with E-state index in [2.05, 4.69) is 22.5 Å². The molecule has 1 unspecified atom stereocenters. The van der Waals surface area contributed by atoms with E-state index in [-0.39, 0.29) is 0 Å². The Morgan fingerprint density at radius 3 is 2.25 bits per heavy atom. The zero-order chi connectivity index (χ0) is 6.15. The molecule has 1 heterocycles. The summed E-state index contributed by atoms with van der Waals surface area (Å²) in [5.74, 6) is 0. The van der Waals surface area contributed by atoms with E-state index in [1.807, 2.05) is 14.1 Å². The topological polar surface area (TPSA) is 18.5 Å². The fraction of sp³-hybridized carbons (Fsp3) is 1.00. The Kier molecular flexibility index (Phi) is 1.51. The maximum Gasteiger partial charge on any atom is 0.0367 e. The number of hydrazine groups is 2. The van der Waals surface area contributed by atoms with Crippen LogP contribution in [-0.4, -0.2) is 36.7 Å². The molecule has 8 heavy (non-hydrogen) atoms. The molecule has 1 rings (SSSR count). The van der Waals surface area contributed by atoms with E-state index < -0.39 is 0 Å². The predicted octanol–water partition coefficient (Wildman–Crippen LogP) is -0.328. The van der Waals surface area contributed by atoms with Gasteiger partial charge in [-0.25, -0.2) is 10.0 Å². The van der Waals surface area contributed by atoms with E-state index in [9.17, 15) is 0 Å². The van der Waals surface area contributed by atoms with Crippen molar-refractivity contribution in [2.45, 2.75) is 13.0 Å². The Hall–Kier alpha value is -0.120. The molecule has 1 aliphatic heterocycles. The van der Waals surface area contributed by atoms with E-state index in [0.29, 0.717) is 6.04 Å². The fourth-order valence-corrected chi connectivity index (χ4v) is 0.927. The van der Waals surface area contributed by atoms with Crippen LogP contribution in [-0.2, 0) is 0 Å². The van der Waals surface area contributed by atoms with Gasteiger partial charge in [0.05, 0.1) is 0 Å². The van der Waals surface area contributed by atoms with Crippen LogP contribution in [0.25, 0.3) is 0 Å². The highest BCUT2D eigenvalue weighted by Gasteiger charge is 2.19. The molecule has 0 aromatic heterocycles. The third-order valence-electron chi connectivity index (χ3n) is 1.53. The molecule has 0 aromatic rings. The maximum absolute atomic E-state index is 3.13. The SMILES string of the molecule is CC1CN(C)NN1C. The smallest absolute Gasteiger partial charge is 0.0367 e. The van der Waals surface area contributed by atoms with Gasteiger partial charge in [0.15, 0.2) is 0 Å². The van der Waals surface area contributed by atoms with Crippen molar-refractivity contribution in [3.05, 3.63) is 0 Å². The Labute approximate surface area is 50.2 Å². The minimum Gasteiger partial charge on any atom is -0.232 e. The van der Waals surface area contributed by atoms with Gasteiger partial charge in [-0.1, -0.05) is 0 Å². The number of hydrogen-bond donors (Lipinski definition) is 1. The highest BCUT2D eigenvalue weighted by molar-refractivity contribution is 4.67. The minimum atomic E-state index is 0.639. The van der Waals surface area contributed by atoms with Gasteiger partial charge < -0.3 is 0 Å². The van der Waals surface area contributed by atoms with Gasteiger partial charge in [0.2, 0.25) is 0 Å². The summed E-state index contributed by atoms with van der Waals surface area (Å²) < 4.78 is 0. The molecule has 1 atom stereocenters. The van der Waals surface area contributed by atoms with Crippen LogP contribution >= 0.6 is 0 Å². The lowest BCUT2D eigenvalue weighted by Crippen LogP contribution is -2.35. The molecule has 1 aliphatic rings. The number of nitrogens with one attached hydrogen (secondary N) is 1. The van der Waals surface area contributed by atoms with E-state index in [1.54, 1.807) is 0 Å². The molecule has 0 aliphatic carbocycles. The van der Waals surface area contributed by atoms with Gasteiger partial charge in [-0.15, -0.1) is 0 Å². The third-order valence-corrected chi connectivity index (χ3v) is 1.53. The molecule has 1 saturated heterocycles. The second-order valence-corrected chi connectivity index (χ2v) is 2.44. The number of nitrogens with zero attached hydrogens (tertiary/aromatic N) is 2. The Morgan fingerprint density at radius 2 is 2.12 bits per heavy atom. The molecule has 0 aromatic carbocycles. The molecule has 0 amide bonds. The molecule has 1 N–H and O–H groups in total. The second kappa shape index (κ2) is 2.01. The molecule has 3 nitrogen and oxygen atoms in total. The quantitative estimate of drug-likeness (QED) is 0.466.